The number of anilines is 3. The summed E-state index contributed by atoms with van der Waals surface area (Å²) in [5.74, 6) is 0.958. The molecule has 1 aromatic carbocycles. The summed E-state index contributed by atoms with van der Waals surface area (Å²) in [4.78, 5) is 19.0. The summed E-state index contributed by atoms with van der Waals surface area (Å²) < 4.78 is 0. The zero-order valence-electron chi connectivity index (χ0n) is 9.34. The number of nitrogens with one attached hydrogen (secondary N) is 2. The lowest BCUT2D eigenvalue weighted by molar-refractivity contribution is 0.112. The second kappa shape index (κ2) is 5.07. The number of benzene rings is 1. The molecule has 0 saturated heterocycles. The van der Waals surface area contributed by atoms with Crippen LogP contribution in [0.15, 0.2) is 36.5 Å². The van der Waals surface area contributed by atoms with Crippen LogP contribution in [0.1, 0.15) is 10.4 Å². The maximum atomic E-state index is 10.7. The smallest absolute Gasteiger partial charge is 0.229 e. The highest BCUT2D eigenvalue weighted by Crippen LogP contribution is 2.15. The Morgan fingerprint density at radius 1 is 1.24 bits per heavy atom. The van der Waals surface area contributed by atoms with Gasteiger partial charge in [-0.15, -0.1) is 0 Å². The standard InChI is InChI=1S/C12H12N4O/c1-13-11-9(8-17)7-14-12(16-11)15-10-5-3-2-4-6-10/h2-8H,1H3,(H2,13,14,15,16). The molecule has 0 spiro atoms. The van der Waals surface area contributed by atoms with Crippen LogP contribution in [0.2, 0.25) is 0 Å². The zero-order valence-corrected chi connectivity index (χ0v) is 9.34. The van der Waals surface area contributed by atoms with Gasteiger partial charge < -0.3 is 10.6 Å². The van der Waals surface area contributed by atoms with Crippen LogP contribution >= 0.6 is 0 Å². The molecule has 0 fully saturated rings. The first-order chi connectivity index (χ1) is 8.33. The van der Waals surface area contributed by atoms with Gasteiger partial charge in [-0.1, -0.05) is 18.2 Å². The minimum Gasteiger partial charge on any atom is -0.372 e. The molecule has 0 unspecified atom stereocenters. The molecular formula is C12H12N4O. The number of nitrogens with zero attached hydrogens (tertiary/aromatic N) is 2. The summed E-state index contributed by atoms with van der Waals surface area (Å²) in [6, 6.07) is 9.59. The number of carbonyl (C=O) groups is 1. The van der Waals surface area contributed by atoms with Crippen molar-refractivity contribution in [3.63, 3.8) is 0 Å². The fourth-order valence-corrected chi connectivity index (χ4v) is 1.39. The van der Waals surface area contributed by atoms with Gasteiger partial charge in [-0.05, 0) is 12.1 Å². The molecule has 1 heterocycles. The SMILES string of the molecule is CNc1nc(Nc2ccccc2)ncc1C=O. The van der Waals surface area contributed by atoms with Crippen molar-refractivity contribution in [2.75, 3.05) is 17.7 Å². The van der Waals surface area contributed by atoms with E-state index in [0.717, 1.165) is 12.0 Å². The molecule has 0 atom stereocenters. The van der Waals surface area contributed by atoms with Crippen LogP contribution < -0.4 is 10.6 Å². The van der Waals surface area contributed by atoms with Gasteiger partial charge in [0.05, 0.1) is 5.56 Å². The van der Waals surface area contributed by atoms with Crippen LogP contribution in [0.5, 0.6) is 0 Å². The van der Waals surface area contributed by atoms with E-state index >= 15 is 0 Å². The number of hydrogen-bond acceptors (Lipinski definition) is 5. The lowest BCUT2D eigenvalue weighted by atomic mass is 10.3. The lowest BCUT2D eigenvalue weighted by Gasteiger charge is -2.07. The van der Waals surface area contributed by atoms with E-state index < -0.39 is 0 Å². The van der Waals surface area contributed by atoms with E-state index in [1.807, 2.05) is 30.3 Å². The van der Waals surface area contributed by atoms with Crippen molar-refractivity contribution in [2.45, 2.75) is 0 Å². The second-order valence-electron chi connectivity index (χ2n) is 3.36. The third-order valence-electron chi connectivity index (χ3n) is 2.21. The molecule has 86 valence electrons. The van der Waals surface area contributed by atoms with E-state index in [9.17, 15) is 4.79 Å². The fourth-order valence-electron chi connectivity index (χ4n) is 1.39. The summed E-state index contributed by atoms with van der Waals surface area (Å²) >= 11 is 0. The average molecular weight is 228 g/mol. The first-order valence-corrected chi connectivity index (χ1v) is 5.15. The van der Waals surface area contributed by atoms with Crippen molar-refractivity contribution in [3.05, 3.63) is 42.1 Å². The quantitative estimate of drug-likeness (QED) is 0.784. The van der Waals surface area contributed by atoms with Gasteiger partial charge in [0, 0.05) is 18.9 Å². The van der Waals surface area contributed by atoms with E-state index in [-0.39, 0.29) is 0 Å². The lowest BCUT2D eigenvalue weighted by Crippen LogP contribution is -2.03. The van der Waals surface area contributed by atoms with Gasteiger partial charge in [-0.3, -0.25) is 4.79 Å². The van der Waals surface area contributed by atoms with Crippen LogP contribution in [0.3, 0.4) is 0 Å². The summed E-state index contributed by atoms with van der Waals surface area (Å²) in [7, 11) is 1.71. The number of carbonyl (C=O) groups excluding carboxylic acids is 1. The third kappa shape index (κ3) is 2.57. The molecule has 0 saturated carbocycles. The van der Waals surface area contributed by atoms with Gasteiger partial charge in [-0.2, -0.15) is 4.98 Å². The zero-order chi connectivity index (χ0) is 12.1. The van der Waals surface area contributed by atoms with Crippen molar-refractivity contribution >= 4 is 23.7 Å². The predicted octanol–water partition coefficient (Wildman–Crippen LogP) is 2.07. The van der Waals surface area contributed by atoms with Crippen LogP contribution in [0.25, 0.3) is 0 Å². The summed E-state index contributed by atoms with van der Waals surface area (Å²) in [5, 5.41) is 5.90. The van der Waals surface area contributed by atoms with Crippen molar-refractivity contribution in [1.82, 2.24) is 9.97 Å². The van der Waals surface area contributed by atoms with Crippen LogP contribution in [0, 0.1) is 0 Å². The summed E-state index contributed by atoms with van der Waals surface area (Å²) in [5.41, 5.74) is 1.33. The molecule has 0 radical (unpaired) electrons. The monoisotopic (exact) mass is 228 g/mol. The minimum atomic E-state index is 0.436. The van der Waals surface area contributed by atoms with Gasteiger partial charge >= 0.3 is 0 Å². The Hall–Kier alpha value is -2.43. The molecule has 5 heteroatoms. The average Bonchev–Trinajstić information content (AvgIpc) is 2.40. The van der Waals surface area contributed by atoms with E-state index in [0.29, 0.717) is 17.3 Å². The van der Waals surface area contributed by atoms with Crippen LogP contribution in [-0.2, 0) is 0 Å². The number of aldehydes is 1. The van der Waals surface area contributed by atoms with Gasteiger partial charge in [0.1, 0.15) is 5.82 Å². The second-order valence-corrected chi connectivity index (χ2v) is 3.36. The number of rotatable bonds is 4. The molecular weight excluding hydrogens is 216 g/mol. The van der Waals surface area contributed by atoms with E-state index in [2.05, 4.69) is 20.6 Å². The van der Waals surface area contributed by atoms with Crippen LogP contribution in [0.4, 0.5) is 17.5 Å². The molecule has 0 amide bonds. The normalized spacial score (nSPS) is 9.71. The Morgan fingerprint density at radius 3 is 2.65 bits per heavy atom. The first-order valence-electron chi connectivity index (χ1n) is 5.15. The third-order valence-corrected chi connectivity index (χ3v) is 2.21. The minimum absolute atomic E-state index is 0.436. The first kappa shape index (κ1) is 11.1. The van der Waals surface area contributed by atoms with Gasteiger partial charge in [-0.25, -0.2) is 4.98 Å². The molecule has 0 aliphatic heterocycles. The Balaban J connectivity index is 2.25. The van der Waals surface area contributed by atoms with E-state index in [4.69, 9.17) is 0 Å². The highest BCUT2D eigenvalue weighted by Gasteiger charge is 2.04. The Morgan fingerprint density at radius 2 is 2.00 bits per heavy atom. The summed E-state index contributed by atoms with van der Waals surface area (Å²) in [6.07, 6.45) is 2.20. The molecule has 0 bridgehead atoms. The van der Waals surface area contributed by atoms with E-state index in [1.54, 1.807) is 7.05 Å². The van der Waals surface area contributed by atoms with Crippen molar-refractivity contribution < 1.29 is 4.79 Å². The molecule has 0 aliphatic carbocycles. The Bertz CT molecular complexity index is 513. The van der Waals surface area contributed by atoms with Crippen molar-refractivity contribution in [2.24, 2.45) is 0 Å². The van der Waals surface area contributed by atoms with Crippen LogP contribution in [-0.4, -0.2) is 23.3 Å². The molecule has 5 nitrogen and oxygen atoms in total. The number of aromatic nitrogens is 2. The highest BCUT2D eigenvalue weighted by atomic mass is 16.1. The summed E-state index contributed by atoms with van der Waals surface area (Å²) in [6.45, 7) is 0. The topological polar surface area (TPSA) is 66.9 Å². The molecule has 2 aromatic rings. The fraction of sp³-hybridized carbons (Fsp3) is 0.0833. The predicted molar refractivity (Wildman–Crippen MR) is 66.7 cm³/mol. The highest BCUT2D eigenvalue weighted by molar-refractivity contribution is 5.82. The Labute approximate surface area is 98.9 Å². The molecule has 2 rings (SSSR count). The molecule has 0 aliphatic rings. The van der Waals surface area contributed by atoms with E-state index in [1.165, 1.54) is 6.20 Å². The number of hydrogen-bond donors (Lipinski definition) is 2. The maximum absolute atomic E-state index is 10.7. The molecule has 1 aromatic heterocycles. The number of para-hydroxylation sites is 1. The van der Waals surface area contributed by atoms with Gasteiger partial charge in [0.2, 0.25) is 5.95 Å². The maximum Gasteiger partial charge on any atom is 0.229 e. The van der Waals surface area contributed by atoms with Crippen molar-refractivity contribution in [3.8, 4) is 0 Å². The largest absolute Gasteiger partial charge is 0.372 e. The van der Waals surface area contributed by atoms with Gasteiger partial charge in [0.25, 0.3) is 0 Å². The van der Waals surface area contributed by atoms with Crippen molar-refractivity contribution in [1.29, 1.82) is 0 Å². The Kier molecular flexibility index (Phi) is 3.30. The molecule has 17 heavy (non-hydrogen) atoms. The molecule has 2 N–H and O–H groups in total. The van der Waals surface area contributed by atoms with Gasteiger partial charge in [0.15, 0.2) is 6.29 Å².